The number of aromatic hydroxyl groups is 1. The van der Waals surface area contributed by atoms with E-state index in [0.29, 0.717) is 25.3 Å². The van der Waals surface area contributed by atoms with Gasteiger partial charge in [-0.1, -0.05) is 12.1 Å². The zero-order valence-electron chi connectivity index (χ0n) is 15.2. The van der Waals surface area contributed by atoms with Crippen LogP contribution in [-0.2, 0) is 13.0 Å². The van der Waals surface area contributed by atoms with Gasteiger partial charge in [0.25, 0.3) is 0 Å². The summed E-state index contributed by atoms with van der Waals surface area (Å²) in [4.78, 5) is 10.2. The minimum atomic E-state index is 0.199. The Balaban J connectivity index is 1.95. The predicted octanol–water partition coefficient (Wildman–Crippen LogP) is 2.77. The van der Waals surface area contributed by atoms with Crippen molar-refractivity contribution in [2.45, 2.75) is 33.7 Å². The first-order chi connectivity index (χ1) is 12.0. The summed E-state index contributed by atoms with van der Waals surface area (Å²) in [6, 6.07) is 5.52. The van der Waals surface area contributed by atoms with Crippen molar-refractivity contribution in [2.75, 3.05) is 20.2 Å². The number of thiazole rings is 1. The quantitative estimate of drug-likeness (QED) is 0.521. The number of rotatable bonds is 7. The van der Waals surface area contributed by atoms with Crippen molar-refractivity contribution in [3.05, 3.63) is 39.3 Å². The normalized spacial score (nSPS) is 11.4. The van der Waals surface area contributed by atoms with Crippen molar-refractivity contribution in [2.24, 2.45) is 4.99 Å². The van der Waals surface area contributed by atoms with E-state index in [1.807, 2.05) is 32.9 Å². The standard InChI is InChI=1S/C18H26N4O2S/c1-5-19-18(21-11-16-12(2)22-13(3)25-16)20-10-9-14-7-6-8-15(24-4)17(14)23/h6-8,23H,5,9-11H2,1-4H3,(H2,19,20,21). The van der Waals surface area contributed by atoms with Crippen LogP contribution < -0.4 is 15.4 Å². The van der Waals surface area contributed by atoms with Crippen LogP contribution in [0.25, 0.3) is 0 Å². The van der Waals surface area contributed by atoms with E-state index in [4.69, 9.17) is 4.74 Å². The summed E-state index contributed by atoms with van der Waals surface area (Å²) in [6.07, 6.45) is 0.673. The summed E-state index contributed by atoms with van der Waals surface area (Å²) >= 11 is 1.68. The molecule has 7 heteroatoms. The SMILES string of the molecule is CCNC(=NCc1sc(C)nc1C)NCCc1cccc(OC)c1O. The molecule has 0 saturated carbocycles. The molecule has 0 aliphatic rings. The van der Waals surface area contributed by atoms with E-state index in [1.54, 1.807) is 24.5 Å². The van der Waals surface area contributed by atoms with Crippen LogP contribution in [0.3, 0.4) is 0 Å². The molecule has 0 radical (unpaired) electrons. The molecule has 2 aromatic rings. The third-order valence-corrected chi connectivity index (χ3v) is 4.77. The maximum atomic E-state index is 10.1. The number of para-hydroxylation sites is 1. The summed E-state index contributed by atoms with van der Waals surface area (Å²) in [5.41, 5.74) is 1.89. The number of hydrogen-bond donors (Lipinski definition) is 3. The molecule has 2 rings (SSSR count). The average molecular weight is 362 g/mol. The maximum absolute atomic E-state index is 10.1. The van der Waals surface area contributed by atoms with Crippen LogP contribution in [0.5, 0.6) is 11.5 Å². The number of phenols is 1. The number of ether oxygens (including phenoxy) is 1. The minimum absolute atomic E-state index is 0.199. The Morgan fingerprint density at radius 1 is 1.32 bits per heavy atom. The second-order valence-corrected chi connectivity index (χ2v) is 6.87. The summed E-state index contributed by atoms with van der Waals surface area (Å²) in [6.45, 7) is 8.11. The third-order valence-electron chi connectivity index (χ3n) is 3.71. The minimum Gasteiger partial charge on any atom is -0.504 e. The highest BCUT2D eigenvalue weighted by atomic mass is 32.1. The summed E-state index contributed by atoms with van der Waals surface area (Å²) in [5.74, 6) is 1.45. The molecule has 25 heavy (non-hydrogen) atoms. The van der Waals surface area contributed by atoms with Gasteiger partial charge in [0, 0.05) is 18.0 Å². The zero-order valence-corrected chi connectivity index (χ0v) is 16.0. The van der Waals surface area contributed by atoms with Crippen molar-refractivity contribution in [1.82, 2.24) is 15.6 Å². The van der Waals surface area contributed by atoms with Crippen LogP contribution in [0.4, 0.5) is 0 Å². The molecule has 0 aliphatic heterocycles. The lowest BCUT2D eigenvalue weighted by atomic mass is 10.1. The highest BCUT2D eigenvalue weighted by Crippen LogP contribution is 2.29. The molecule has 0 bridgehead atoms. The molecule has 0 atom stereocenters. The fourth-order valence-corrected chi connectivity index (χ4v) is 3.32. The van der Waals surface area contributed by atoms with Gasteiger partial charge in [-0.25, -0.2) is 9.98 Å². The highest BCUT2D eigenvalue weighted by molar-refractivity contribution is 7.11. The third kappa shape index (κ3) is 5.35. The van der Waals surface area contributed by atoms with E-state index in [0.717, 1.165) is 28.8 Å². The lowest BCUT2D eigenvalue weighted by molar-refractivity contribution is 0.370. The number of nitrogens with one attached hydrogen (secondary N) is 2. The number of phenolic OH excluding ortho intramolecular Hbond substituents is 1. The van der Waals surface area contributed by atoms with Crippen LogP contribution in [0.15, 0.2) is 23.2 Å². The van der Waals surface area contributed by atoms with Gasteiger partial charge in [-0.15, -0.1) is 11.3 Å². The van der Waals surface area contributed by atoms with Crippen molar-refractivity contribution < 1.29 is 9.84 Å². The summed E-state index contributed by atoms with van der Waals surface area (Å²) in [5, 5.41) is 17.7. The van der Waals surface area contributed by atoms with Gasteiger partial charge in [-0.2, -0.15) is 0 Å². The molecule has 0 unspecified atom stereocenters. The van der Waals surface area contributed by atoms with E-state index in [2.05, 4.69) is 20.6 Å². The number of aryl methyl sites for hydroxylation is 2. The van der Waals surface area contributed by atoms with Crippen molar-refractivity contribution in [3.8, 4) is 11.5 Å². The predicted molar refractivity (Wildman–Crippen MR) is 103 cm³/mol. The Hall–Kier alpha value is -2.28. The second-order valence-electron chi connectivity index (χ2n) is 5.58. The summed E-state index contributed by atoms with van der Waals surface area (Å²) in [7, 11) is 1.55. The van der Waals surface area contributed by atoms with Gasteiger partial charge in [0.2, 0.25) is 0 Å². The molecular weight excluding hydrogens is 336 g/mol. The number of nitrogens with zero attached hydrogens (tertiary/aromatic N) is 2. The molecule has 1 heterocycles. The molecule has 0 spiro atoms. The molecule has 1 aromatic carbocycles. The van der Waals surface area contributed by atoms with E-state index >= 15 is 0 Å². The average Bonchev–Trinajstić information content (AvgIpc) is 2.91. The van der Waals surface area contributed by atoms with Gasteiger partial charge >= 0.3 is 0 Å². The van der Waals surface area contributed by atoms with Crippen LogP contribution in [0.2, 0.25) is 0 Å². The van der Waals surface area contributed by atoms with E-state index in [1.165, 1.54) is 4.88 Å². The van der Waals surface area contributed by atoms with E-state index in [-0.39, 0.29) is 5.75 Å². The Morgan fingerprint density at radius 2 is 2.12 bits per heavy atom. The smallest absolute Gasteiger partial charge is 0.191 e. The van der Waals surface area contributed by atoms with Crippen molar-refractivity contribution >= 4 is 17.3 Å². The highest BCUT2D eigenvalue weighted by Gasteiger charge is 2.08. The Kier molecular flexibility index (Phi) is 7.06. The maximum Gasteiger partial charge on any atom is 0.191 e. The van der Waals surface area contributed by atoms with E-state index < -0.39 is 0 Å². The van der Waals surface area contributed by atoms with Gasteiger partial charge in [0.15, 0.2) is 17.5 Å². The van der Waals surface area contributed by atoms with Gasteiger partial charge in [-0.3, -0.25) is 0 Å². The number of methoxy groups -OCH3 is 1. The molecular formula is C18H26N4O2S. The first kappa shape index (κ1) is 19.1. The zero-order chi connectivity index (χ0) is 18.2. The fourth-order valence-electron chi connectivity index (χ4n) is 2.46. The molecule has 0 saturated heterocycles. The van der Waals surface area contributed by atoms with Gasteiger partial charge < -0.3 is 20.5 Å². The van der Waals surface area contributed by atoms with Crippen LogP contribution in [-0.4, -0.2) is 36.2 Å². The molecule has 136 valence electrons. The Labute approximate surface area is 153 Å². The first-order valence-electron chi connectivity index (χ1n) is 8.35. The van der Waals surface area contributed by atoms with Crippen LogP contribution >= 0.6 is 11.3 Å². The summed E-state index contributed by atoms with van der Waals surface area (Å²) < 4.78 is 5.14. The lowest BCUT2D eigenvalue weighted by Crippen LogP contribution is -2.38. The van der Waals surface area contributed by atoms with Crippen LogP contribution in [0.1, 0.15) is 28.1 Å². The Bertz CT molecular complexity index is 728. The largest absolute Gasteiger partial charge is 0.504 e. The first-order valence-corrected chi connectivity index (χ1v) is 9.16. The topological polar surface area (TPSA) is 78.8 Å². The van der Waals surface area contributed by atoms with Crippen LogP contribution in [0, 0.1) is 13.8 Å². The monoisotopic (exact) mass is 362 g/mol. The molecule has 0 aliphatic carbocycles. The van der Waals surface area contributed by atoms with E-state index in [9.17, 15) is 5.11 Å². The molecule has 0 fully saturated rings. The number of aromatic nitrogens is 1. The number of hydrogen-bond acceptors (Lipinski definition) is 5. The molecule has 6 nitrogen and oxygen atoms in total. The van der Waals surface area contributed by atoms with Gasteiger partial charge in [-0.05, 0) is 38.8 Å². The van der Waals surface area contributed by atoms with Gasteiger partial charge in [0.05, 0.1) is 24.4 Å². The van der Waals surface area contributed by atoms with Crippen molar-refractivity contribution in [3.63, 3.8) is 0 Å². The van der Waals surface area contributed by atoms with Gasteiger partial charge in [0.1, 0.15) is 0 Å². The van der Waals surface area contributed by atoms with Crippen molar-refractivity contribution in [1.29, 1.82) is 0 Å². The lowest BCUT2D eigenvalue weighted by Gasteiger charge is -2.12. The fraction of sp³-hybridized carbons (Fsp3) is 0.444. The number of guanidine groups is 1. The Morgan fingerprint density at radius 3 is 2.76 bits per heavy atom. The molecule has 1 aromatic heterocycles. The molecule has 3 N–H and O–H groups in total. The number of benzene rings is 1. The number of aliphatic imine (C=N–C) groups is 1. The second kappa shape index (κ2) is 9.27. The molecule has 0 amide bonds.